The summed E-state index contributed by atoms with van der Waals surface area (Å²) in [6, 6.07) is 6.88. The average molecular weight is 222 g/mol. The summed E-state index contributed by atoms with van der Waals surface area (Å²) in [5.41, 5.74) is 0. The average Bonchev–Trinajstić information content (AvgIpc) is 2.32. The van der Waals surface area contributed by atoms with Gasteiger partial charge < -0.3 is 14.6 Å². The van der Waals surface area contributed by atoms with E-state index in [9.17, 15) is 0 Å². The minimum Gasteiger partial charge on any atom is -0.508 e. The Balaban J connectivity index is 1.91. The van der Waals surface area contributed by atoms with E-state index >= 15 is 0 Å². The molecule has 0 bridgehead atoms. The Morgan fingerprint density at radius 1 is 1.12 bits per heavy atom. The molecule has 1 saturated carbocycles. The van der Waals surface area contributed by atoms with Crippen LogP contribution in [0, 0.1) is 0 Å². The number of phenols is 1. The first-order chi connectivity index (χ1) is 7.78. The van der Waals surface area contributed by atoms with Crippen LogP contribution >= 0.6 is 0 Å². The highest BCUT2D eigenvalue weighted by molar-refractivity contribution is 5.30. The van der Waals surface area contributed by atoms with Crippen molar-refractivity contribution in [2.75, 3.05) is 7.11 Å². The first-order valence-electron chi connectivity index (χ1n) is 5.76. The van der Waals surface area contributed by atoms with Crippen LogP contribution in [0.2, 0.25) is 0 Å². The predicted molar refractivity (Wildman–Crippen MR) is 61.8 cm³/mol. The van der Waals surface area contributed by atoms with Gasteiger partial charge in [-0.25, -0.2) is 0 Å². The number of ether oxygens (including phenoxy) is 2. The van der Waals surface area contributed by atoms with Crippen LogP contribution in [0.15, 0.2) is 24.3 Å². The molecule has 1 aromatic rings. The topological polar surface area (TPSA) is 38.7 Å². The Hall–Kier alpha value is -1.22. The summed E-state index contributed by atoms with van der Waals surface area (Å²) in [6.07, 6.45) is 4.89. The van der Waals surface area contributed by atoms with E-state index in [2.05, 4.69) is 0 Å². The highest BCUT2D eigenvalue weighted by Gasteiger charge is 2.22. The van der Waals surface area contributed by atoms with Gasteiger partial charge >= 0.3 is 0 Å². The Morgan fingerprint density at radius 3 is 2.50 bits per heavy atom. The molecular weight excluding hydrogens is 204 g/mol. The van der Waals surface area contributed by atoms with Gasteiger partial charge in [0.2, 0.25) is 0 Å². The number of phenolic OH excluding ortho intramolecular Hbond substituents is 1. The van der Waals surface area contributed by atoms with Gasteiger partial charge in [0.15, 0.2) is 0 Å². The van der Waals surface area contributed by atoms with Crippen LogP contribution < -0.4 is 4.74 Å². The molecule has 1 fully saturated rings. The van der Waals surface area contributed by atoms with Gasteiger partial charge in [-0.1, -0.05) is 0 Å². The Kier molecular flexibility index (Phi) is 3.67. The van der Waals surface area contributed by atoms with E-state index in [-0.39, 0.29) is 11.9 Å². The van der Waals surface area contributed by atoms with Gasteiger partial charge in [0, 0.05) is 13.5 Å². The zero-order valence-electron chi connectivity index (χ0n) is 9.56. The first kappa shape index (κ1) is 11.3. The Bertz CT molecular complexity index is 320. The van der Waals surface area contributed by atoms with Gasteiger partial charge in [-0.3, -0.25) is 0 Å². The quantitative estimate of drug-likeness (QED) is 0.854. The first-order valence-corrected chi connectivity index (χ1v) is 5.76. The van der Waals surface area contributed by atoms with Gasteiger partial charge in [0.1, 0.15) is 17.6 Å². The van der Waals surface area contributed by atoms with E-state index in [1.54, 1.807) is 31.4 Å². The van der Waals surface area contributed by atoms with Crippen LogP contribution in [0.1, 0.15) is 25.7 Å². The maximum atomic E-state index is 9.17. The normalized spacial score (nSPS) is 25.3. The molecule has 0 aliphatic heterocycles. The Morgan fingerprint density at radius 2 is 1.81 bits per heavy atom. The molecule has 88 valence electrons. The van der Waals surface area contributed by atoms with E-state index in [0.717, 1.165) is 31.4 Å². The molecule has 2 rings (SSSR count). The van der Waals surface area contributed by atoms with E-state index in [0.29, 0.717) is 6.10 Å². The molecule has 0 aromatic heterocycles. The highest BCUT2D eigenvalue weighted by Crippen LogP contribution is 2.26. The predicted octanol–water partition coefficient (Wildman–Crippen LogP) is 2.73. The molecule has 0 radical (unpaired) electrons. The zero-order chi connectivity index (χ0) is 11.4. The van der Waals surface area contributed by atoms with Crippen LogP contribution in [0.3, 0.4) is 0 Å². The number of hydrogen-bond acceptors (Lipinski definition) is 3. The number of aromatic hydroxyl groups is 1. The second-order valence-corrected chi connectivity index (χ2v) is 4.26. The molecule has 1 aliphatic carbocycles. The lowest BCUT2D eigenvalue weighted by Crippen LogP contribution is -2.29. The summed E-state index contributed by atoms with van der Waals surface area (Å²) in [7, 11) is 1.76. The van der Waals surface area contributed by atoms with Crippen molar-refractivity contribution in [1.29, 1.82) is 0 Å². The van der Waals surface area contributed by atoms with Crippen molar-refractivity contribution in [3.63, 3.8) is 0 Å². The smallest absolute Gasteiger partial charge is 0.119 e. The van der Waals surface area contributed by atoms with Crippen LogP contribution in [0.4, 0.5) is 0 Å². The molecular formula is C13H18O3. The van der Waals surface area contributed by atoms with Gasteiger partial charge in [0.25, 0.3) is 0 Å². The van der Waals surface area contributed by atoms with Crippen molar-refractivity contribution in [2.24, 2.45) is 0 Å². The van der Waals surface area contributed by atoms with Crippen molar-refractivity contribution < 1.29 is 14.6 Å². The van der Waals surface area contributed by atoms with Crippen LogP contribution in [-0.2, 0) is 4.74 Å². The fourth-order valence-electron chi connectivity index (χ4n) is 2.14. The highest BCUT2D eigenvalue weighted by atomic mass is 16.5. The third kappa shape index (κ3) is 2.89. The molecule has 1 aromatic carbocycles. The standard InChI is InChI=1S/C13H18O3/c1-15-12-3-2-4-13(9-12)16-11-7-5-10(14)6-8-11/h5-8,12-14H,2-4,9H2,1H3. The monoisotopic (exact) mass is 222 g/mol. The summed E-state index contributed by atoms with van der Waals surface area (Å²) in [6.45, 7) is 0. The molecule has 0 amide bonds. The second kappa shape index (κ2) is 5.21. The van der Waals surface area contributed by atoms with Crippen molar-refractivity contribution in [2.45, 2.75) is 37.9 Å². The van der Waals surface area contributed by atoms with Gasteiger partial charge in [-0.05, 0) is 43.5 Å². The lowest BCUT2D eigenvalue weighted by atomic mass is 9.95. The second-order valence-electron chi connectivity index (χ2n) is 4.26. The molecule has 0 heterocycles. The lowest BCUT2D eigenvalue weighted by molar-refractivity contribution is 0.0209. The van der Waals surface area contributed by atoms with Crippen molar-refractivity contribution in [3.05, 3.63) is 24.3 Å². The molecule has 1 N–H and O–H groups in total. The third-order valence-electron chi connectivity index (χ3n) is 3.05. The maximum Gasteiger partial charge on any atom is 0.119 e. The molecule has 2 unspecified atom stereocenters. The fourth-order valence-corrected chi connectivity index (χ4v) is 2.14. The van der Waals surface area contributed by atoms with Crippen LogP contribution in [0.25, 0.3) is 0 Å². The molecule has 16 heavy (non-hydrogen) atoms. The van der Waals surface area contributed by atoms with Crippen molar-refractivity contribution in [1.82, 2.24) is 0 Å². The number of hydrogen-bond donors (Lipinski definition) is 1. The minimum absolute atomic E-state index is 0.239. The number of methoxy groups -OCH3 is 1. The van der Waals surface area contributed by atoms with Crippen LogP contribution in [0.5, 0.6) is 11.5 Å². The molecule has 1 aliphatic rings. The maximum absolute atomic E-state index is 9.17. The molecule has 3 nitrogen and oxygen atoms in total. The van der Waals surface area contributed by atoms with E-state index in [4.69, 9.17) is 14.6 Å². The Labute approximate surface area is 96.0 Å². The molecule has 3 heteroatoms. The minimum atomic E-state index is 0.239. The SMILES string of the molecule is COC1CCCC(Oc2ccc(O)cc2)C1. The molecule has 0 spiro atoms. The van der Waals surface area contributed by atoms with Gasteiger partial charge in [-0.15, -0.1) is 0 Å². The van der Waals surface area contributed by atoms with Crippen molar-refractivity contribution >= 4 is 0 Å². The van der Waals surface area contributed by atoms with Gasteiger partial charge in [0.05, 0.1) is 6.10 Å². The fraction of sp³-hybridized carbons (Fsp3) is 0.538. The number of benzene rings is 1. The largest absolute Gasteiger partial charge is 0.508 e. The van der Waals surface area contributed by atoms with E-state index < -0.39 is 0 Å². The molecule has 0 saturated heterocycles. The summed E-state index contributed by atoms with van der Waals surface area (Å²) >= 11 is 0. The summed E-state index contributed by atoms with van der Waals surface area (Å²) in [5.74, 6) is 1.09. The zero-order valence-corrected chi connectivity index (χ0v) is 9.56. The summed E-state index contributed by atoms with van der Waals surface area (Å²) < 4.78 is 11.2. The third-order valence-corrected chi connectivity index (χ3v) is 3.05. The van der Waals surface area contributed by atoms with E-state index in [1.165, 1.54) is 0 Å². The summed E-state index contributed by atoms with van der Waals surface area (Å²) in [4.78, 5) is 0. The van der Waals surface area contributed by atoms with E-state index in [1.807, 2.05) is 0 Å². The van der Waals surface area contributed by atoms with Gasteiger partial charge in [-0.2, -0.15) is 0 Å². The lowest BCUT2D eigenvalue weighted by Gasteiger charge is -2.28. The number of rotatable bonds is 3. The summed E-state index contributed by atoms with van der Waals surface area (Å²) in [5, 5.41) is 9.17. The van der Waals surface area contributed by atoms with Crippen LogP contribution in [-0.4, -0.2) is 24.4 Å². The molecule has 2 atom stereocenters. The van der Waals surface area contributed by atoms with Crippen molar-refractivity contribution in [3.8, 4) is 11.5 Å².